The fourth-order valence-electron chi connectivity index (χ4n) is 11.8. The minimum absolute atomic E-state index is 0.0309. The number of aliphatic hydroxyl groups excluding tert-OH is 2. The average molecular weight is 939 g/mol. The van der Waals surface area contributed by atoms with E-state index in [0.29, 0.717) is 54.6 Å². The first-order valence-corrected chi connectivity index (χ1v) is 25.5. The van der Waals surface area contributed by atoms with Gasteiger partial charge in [0.25, 0.3) is 0 Å². The van der Waals surface area contributed by atoms with Gasteiger partial charge in [0.05, 0.1) is 18.2 Å². The predicted octanol–water partition coefficient (Wildman–Crippen LogP) is 11.7. The molecule has 0 unspecified atom stereocenters. The van der Waals surface area contributed by atoms with Crippen LogP contribution in [0.5, 0.6) is 28.7 Å². The van der Waals surface area contributed by atoms with Crippen LogP contribution >= 0.6 is 0 Å². The molecule has 2 saturated carbocycles. The molecule has 1 amide bonds. The van der Waals surface area contributed by atoms with E-state index in [1.807, 2.05) is 71.6 Å². The monoisotopic (exact) mass is 939 g/mol. The zero-order valence-corrected chi connectivity index (χ0v) is 40.5. The van der Waals surface area contributed by atoms with Crippen molar-refractivity contribution in [1.82, 2.24) is 4.90 Å². The topological polar surface area (TPSA) is 129 Å². The molecule has 4 aromatic carbocycles. The maximum Gasteiger partial charge on any atom is 0.239 e. The molecule has 0 saturated heterocycles. The maximum atomic E-state index is 15.4. The molecule has 5 aliphatic rings. The highest BCUT2D eigenvalue weighted by molar-refractivity contribution is 6.03. The van der Waals surface area contributed by atoms with E-state index in [-0.39, 0.29) is 63.4 Å². The van der Waals surface area contributed by atoms with Crippen molar-refractivity contribution in [3.05, 3.63) is 137 Å². The summed E-state index contributed by atoms with van der Waals surface area (Å²) in [5, 5.41) is 25.3. The first kappa shape index (κ1) is 48.4. The molecule has 366 valence electrons. The highest BCUT2D eigenvalue weighted by atomic mass is 16.7. The van der Waals surface area contributed by atoms with Crippen molar-refractivity contribution in [2.45, 2.75) is 128 Å². The van der Waals surface area contributed by atoms with Gasteiger partial charge in [-0.1, -0.05) is 98.3 Å². The summed E-state index contributed by atoms with van der Waals surface area (Å²) in [5.41, 5.74) is 7.00. The molecule has 3 aliphatic carbocycles. The van der Waals surface area contributed by atoms with Crippen LogP contribution in [0.15, 0.2) is 114 Å². The molecule has 4 aromatic rings. The van der Waals surface area contributed by atoms with Crippen molar-refractivity contribution < 1.29 is 43.5 Å². The summed E-state index contributed by atoms with van der Waals surface area (Å²) in [4.78, 5) is 23.8. The van der Waals surface area contributed by atoms with Crippen molar-refractivity contribution >= 4 is 11.6 Å². The number of aryl methyl sites for hydroxylation is 2. The predicted molar refractivity (Wildman–Crippen MR) is 266 cm³/mol. The molecule has 11 heteroatoms. The summed E-state index contributed by atoms with van der Waals surface area (Å²) in [6.45, 7) is 9.43. The van der Waals surface area contributed by atoms with E-state index in [1.165, 1.54) is 18.4 Å². The van der Waals surface area contributed by atoms with Crippen molar-refractivity contribution in [2.75, 3.05) is 26.6 Å². The Kier molecular flexibility index (Phi) is 15.7. The largest absolute Gasteiger partial charge is 0.459 e. The van der Waals surface area contributed by atoms with E-state index >= 15 is 4.79 Å². The summed E-state index contributed by atoms with van der Waals surface area (Å²) >= 11 is 0. The third kappa shape index (κ3) is 10.8. The van der Waals surface area contributed by atoms with Crippen LogP contribution in [0.25, 0.3) is 0 Å². The standard InChI is InChI=1S/C58H70N2O9/c1-4-30-66-58-54(60(55(63)27-22-41-14-8-9-15-41)36-43-21-25-52-53(32-43)65-38-64-52)35-50(59-67-37-42-16-6-5-7-17-42)48-33-44(18-10-12-28-61)47(19-11-13-29-62)56(57(48)58)49-34-46(24-26-51(49)69-58)68-45-23-20-39(2)40(3)31-45/h4-7,16-17,20-21,23-26,31-34,41,44,47,54,56-57,61-62H,1,8-15,18-19,22,27-30,35-38H2,2-3H3/t44-,47+,54-,56+,57+,58+/m0/s1. The molecule has 2 fully saturated rings. The molecule has 0 aromatic heterocycles. The third-order valence-electron chi connectivity index (χ3n) is 15.3. The summed E-state index contributed by atoms with van der Waals surface area (Å²) in [7, 11) is 0. The second kappa shape index (κ2) is 22.4. The molecular formula is C58H70N2O9. The van der Waals surface area contributed by atoms with Crippen LogP contribution in [-0.2, 0) is 27.5 Å². The van der Waals surface area contributed by atoms with E-state index in [9.17, 15) is 10.2 Å². The lowest BCUT2D eigenvalue weighted by molar-refractivity contribution is -0.258. The number of rotatable bonds is 22. The molecule has 0 radical (unpaired) electrons. The quantitative estimate of drug-likeness (QED) is 0.0449. The van der Waals surface area contributed by atoms with Crippen LogP contribution in [0, 0.1) is 37.5 Å². The molecule has 0 bridgehead atoms. The number of amides is 1. The van der Waals surface area contributed by atoms with Gasteiger partial charge in [0.15, 0.2) is 11.5 Å². The van der Waals surface area contributed by atoms with Crippen LogP contribution in [0.2, 0.25) is 0 Å². The Balaban J connectivity index is 1.23. The van der Waals surface area contributed by atoms with Crippen molar-refractivity contribution in [1.29, 1.82) is 0 Å². The van der Waals surface area contributed by atoms with Crippen LogP contribution in [0.4, 0.5) is 0 Å². The lowest BCUT2D eigenvalue weighted by Gasteiger charge is -2.60. The second-order valence-electron chi connectivity index (χ2n) is 19.8. The SMILES string of the molecule is C=CCO[C@@]12Oc3ccc(Oc4ccc(C)c(C)c4)cc3[C@H]3[C@H](CCCCO)[C@@H](CCCCO)C=C(C(=NOCc4ccccc4)C[C@@H]1N(Cc1ccc4c(c1)OCO4)C(=O)CCC1CCCC1)[C@H]32. The lowest BCUT2D eigenvalue weighted by Crippen LogP contribution is -2.70. The highest BCUT2D eigenvalue weighted by Crippen LogP contribution is 2.62. The Hall–Kier alpha value is -5.62. The van der Waals surface area contributed by atoms with Gasteiger partial charge < -0.3 is 43.6 Å². The highest BCUT2D eigenvalue weighted by Gasteiger charge is 2.65. The van der Waals surface area contributed by atoms with Gasteiger partial charge in [-0.3, -0.25) is 4.79 Å². The number of unbranched alkanes of at least 4 members (excludes halogenated alkanes) is 2. The van der Waals surface area contributed by atoms with Gasteiger partial charge in [-0.2, -0.15) is 0 Å². The van der Waals surface area contributed by atoms with E-state index < -0.39 is 17.7 Å². The number of oxime groups is 1. The average Bonchev–Trinajstić information content (AvgIpc) is 4.08. The third-order valence-corrected chi connectivity index (χ3v) is 15.3. The normalized spacial score (nSPS) is 24.0. The zero-order chi connectivity index (χ0) is 47.7. The zero-order valence-electron chi connectivity index (χ0n) is 40.5. The summed E-state index contributed by atoms with van der Waals surface area (Å²) in [6.07, 6.45) is 15.1. The van der Waals surface area contributed by atoms with E-state index in [4.69, 9.17) is 33.7 Å². The molecule has 2 N–H and O–H groups in total. The number of hydrogen-bond acceptors (Lipinski definition) is 10. The number of benzene rings is 4. The Labute approximate surface area is 408 Å². The van der Waals surface area contributed by atoms with E-state index in [2.05, 4.69) is 44.7 Å². The van der Waals surface area contributed by atoms with Gasteiger partial charge in [-0.25, -0.2) is 0 Å². The summed E-state index contributed by atoms with van der Waals surface area (Å²) in [6, 6.07) is 27.6. The minimum Gasteiger partial charge on any atom is -0.459 e. The molecule has 0 spiro atoms. The molecular weight excluding hydrogens is 869 g/mol. The van der Waals surface area contributed by atoms with Gasteiger partial charge in [0.1, 0.15) is 29.9 Å². The number of allylic oxidation sites excluding steroid dienone is 1. The Bertz CT molecular complexity index is 2460. The fraction of sp³-hybridized carbons (Fsp3) is 0.483. The second-order valence-corrected chi connectivity index (χ2v) is 19.8. The lowest BCUT2D eigenvalue weighted by atomic mass is 9.55. The molecule has 69 heavy (non-hydrogen) atoms. The maximum absolute atomic E-state index is 15.4. The molecule has 9 rings (SSSR count). The molecule has 11 nitrogen and oxygen atoms in total. The van der Waals surface area contributed by atoms with E-state index in [1.54, 1.807) is 6.08 Å². The number of carbonyl (C=O) groups is 1. The van der Waals surface area contributed by atoms with Gasteiger partial charge in [0.2, 0.25) is 18.5 Å². The van der Waals surface area contributed by atoms with Crippen LogP contribution in [0.3, 0.4) is 0 Å². The van der Waals surface area contributed by atoms with Crippen LogP contribution < -0.4 is 18.9 Å². The first-order chi connectivity index (χ1) is 33.8. The molecule has 2 aliphatic heterocycles. The van der Waals surface area contributed by atoms with Crippen LogP contribution in [0.1, 0.15) is 117 Å². The molecule has 2 heterocycles. The Morgan fingerprint density at radius 3 is 2.38 bits per heavy atom. The number of ether oxygens (including phenoxy) is 5. The first-order valence-electron chi connectivity index (χ1n) is 25.5. The number of hydrogen-bond donors (Lipinski definition) is 2. The van der Waals surface area contributed by atoms with Crippen molar-refractivity contribution in [3.8, 4) is 28.7 Å². The number of nitrogens with zero attached hydrogens (tertiary/aromatic N) is 2. The van der Waals surface area contributed by atoms with Gasteiger partial charge in [-0.15, -0.1) is 6.58 Å². The number of aliphatic hydroxyl groups is 2. The summed E-state index contributed by atoms with van der Waals surface area (Å²) in [5.74, 6) is 2.14. The van der Waals surface area contributed by atoms with Crippen molar-refractivity contribution in [3.63, 3.8) is 0 Å². The van der Waals surface area contributed by atoms with Crippen LogP contribution in [-0.4, -0.2) is 65.2 Å². The van der Waals surface area contributed by atoms with Gasteiger partial charge in [0, 0.05) is 44.1 Å². The minimum atomic E-state index is -1.39. The smallest absolute Gasteiger partial charge is 0.239 e. The fourth-order valence-corrected chi connectivity index (χ4v) is 11.8. The Morgan fingerprint density at radius 1 is 0.841 bits per heavy atom. The van der Waals surface area contributed by atoms with Gasteiger partial charge >= 0.3 is 0 Å². The summed E-state index contributed by atoms with van der Waals surface area (Å²) < 4.78 is 33.2. The Morgan fingerprint density at radius 2 is 1.59 bits per heavy atom. The van der Waals surface area contributed by atoms with Crippen molar-refractivity contribution in [2.24, 2.45) is 28.8 Å². The van der Waals surface area contributed by atoms with Gasteiger partial charge in [-0.05, 0) is 134 Å². The number of fused-ring (bicyclic) bond motifs is 3. The van der Waals surface area contributed by atoms with E-state index in [0.717, 1.165) is 84.2 Å². The number of carbonyl (C=O) groups excluding carboxylic acids is 1. The molecule has 6 atom stereocenters.